The highest BCUT2D eigenvalue weighted by molar-refractivity contribution is 5.68. The lowest BCUT2D eigenvalue weighted by molar-refractivity contribution is 0.947. The van der Waals surface area contributed by atoms with Gasteiger partial charge in [0, 0.05) is 36.3 Å². The fourth-order valence-electron chi connectivity index (χ4n) is 2.15. The van der Waals surface area contributed by atoms with Crippen LogP contribution in [0.4, 0.5) is 5.69 Å². The third kappa shape index (κ3) is 2.05. The SMILES string of the molecule is C=C(C)N(C)c1cccc(-c2ccnc3ccnn23)c1. The zero-order chi connectivity index (χ0) is 14.1. The number of rotatable bonds is 3. The lowest BCUT2D eigenvalue weighted by Gasteiger charge is -2.19. The highest BCUT2D eigenvalue weighted by Crippen LogP contribution is 2.25. The van der Waals surface area contributed by atoms with Crippen molar-refractivity contribution in [1.82, 2.24) is 14.6 Å². The van der Waals surface area contributed by atoms with E-state index >= 15 is 0 Å². The number of fused-ring (bicyclic) bond motifs is 1. The molecule has 3 aromatic rings. The van der Waals surface area contributed by atoms with Crippen LogP contribution in [0.2, 0.25) is 0 Å². The van der Waals surface area contributed by atoms with Gasteiger partial charge in [0.15, 0.2) is 5.65 Å². The standard InChI is InChI=1S/C16H16N4/c1-12(2)19(3)14-6-4-5-13(11-14)15-7-9-17-16-8-10-18-20(15)16/h4-11H,1H2,2-3H3. The summed E-state index contributed by atoms with van der Waals surface area (Å²) in [4.78, 5) is 6.35. The largest absolute Gasteiger partial charge is 0.349 e. The normalized spacial score (nSPS) is 10.7. The Morgan fingerprint density at radius 1 is 1.20 bits per heavy atom. The van der Waals surface area contributed by atoms with E-state index in [2.05, 4.69) is 39.8 Å². The summed E-state index contributed by atoms with van der Waals surface area (Å²) < 4.78 is 1.85. The summed E-state index contributed by atoms with van der Waals surface area (Å²) in [6.45, 7) is 5.96. The smallest absolute Gasteiger partial charge is 0.155 e. The molecule has 3 rings (SSSR count). The molecule has 0 fully saturated rings. The topological polar surface area (TPSA) is 33.4 Å². The van der Waals surface area contributed by atoms with Crippen LogP contribution in [-0.4, -0.2) is 21.6 Å². The summed E-state index contributed by atoms with van der Waals surface area (Å²) in [5.41, 5.74) is 5.08. The van der Waals surface area contributed by atoms with Crippen LogP contribution in [0.5, 0.6) is 0 Å². The second kappa shape index (κ2) is 4.81. The Bertz CT molecular complexity index is 773. The molecule has 0 aliphatic carbocycles. The third-order valence-corrected chi connectivity index (χ3v) is 3.39. The van der Waals surface area contributed by atoms with Gasteiger partial charge in [0.1, 0.15) is 0 Å². The summed E-state index contributed by atoms with van der Waals surface area (Å²) >= 11 is 0. The maximum Gasteiger partial charge on any atom is 0.155 e. The number of hydrogen-bond acceptors (Lipinski definition) is 3. The Morgan fingerprint density at radius 2 is 2.05 bits per heavy atom. The molecule has 0 saturated carbocycles. The van der Waals surface area contributed by atoms with Crippen LogP contribution < -0.4 is 4.90 Å². The predicted octanol–water partition coefficient (Wildman–Crippen LogP) is 3.37. The van der Waals surface area contributed by atoms with E-state index in [9.17, 15) is 0 Å². The Morgan fingerprint density at radius 3 is 2.85 bits per heavy atom. The first-order valence-electron chi connectivity index (χ1n) is 6.45. The quantitative estimate of drug-likeness (QED) is 0.727. The van der Waals surface area contributed by atoms with E-state index in [1.54, 1.807) is 6.20 Å². The van der Waals surface area contributed by atoms with E-state index in [-0.39, 0.29) is 0 Å². The minimum Gasteiger partial charge on any atom is -0.349 e. The third-order valence-electron chi connectivity index (χ3n) is 3.39. The highest BCUT2D eigenvalue weighted by atomic mass is 15.2. The van der Waals surface area contributed by atoms with Gasteiger partial charge < -0.3 is 4.90 Å². The van der Waals surface area contributed by atoms with E-state index in [0.29, 0.717) is 0 Å². The fraction of sp³-hybridized carbons (Fsp3) is 0.125. The number of hydrogen-bond donors (Lipinski definition) is 0. The molecular formula is C16H16N4. The van der Waals surface area contributed by atoms with Crippen LogP contribution in [0.1, 0.15) is 6.92 Å². The molecule has 2 aromatic heterocycles. The Balaban J connectivity index is 2.13. The average Bonchev–Trinajstić information content (AvgIpc) is 2.94. The van der Waals surface area contributed by atoms with Crippen LogP contribution >= 0.6 is 0 Å². The van der Waals surface area contributed by atoms with Crippen molar-refractivity contribution in [2.24, 2.45) is 0 Å². The first kappa shape index (κ1) is 12.4. The van der Waals surface area contributed by atoms with E-state index in [4.69, 9.17) is 0 Å². The van der Waals surface area contributed by atoms with Crippen molar-refractivity contribution in [1.29, 1.82) is 0 Å². The number of nitrogens with zero attached hydrogens (tertiary/aromatic N) is 4. The Hall–Kier alpha value is -2.62. The number of allylic oxidation sites excluding steroid dienone is 1. The molecule has 0 radical (unpaired) electrons. The van der Waals surface area contributed by atoms with Gasteiger partial charge in [-0.2, -0.15) is 5.10 Å². The Labute approximate surface area is 118 Å². The first-order valence-corrected chi connectivity index (χ1v) is 6.45. The van der Waals surface area contributed by atoms with Gasteiger partial charge in [0.05, 0.1) is 11.9 Å². The number of aromatic nitrogens is 3. The van der Waals surface area contributed by atoms with Crippen LogP contribution in [0.25, 0.3) is 16.9 Å². The van der Waals surface area contributed by atoms with Crippen molar-refractivity contribution in [3.8, 4) is 11.3 Å². The minimum atomic E-state index is 0.848. The molecule has 0 aliphatic rings. The van der Waals surface area contributed by atoms with Gasteiger partial charge in [-0.05, 0) is 25.1 Å². The second-order valence-electron chi connectivity index (χ2n) is 4.78. The monoisotopic (exact) mass is 264 g/mol. The zero-order valence-electron chi connectivity index (χ0n) is 11.6. The van der Waals surface area contributed by atoms with Crippen molar-refractivity contribution in [3.05, 3.63) is 61.1 Å². The van der Waals surface area contributed by atoms with Crippen molar-refractivity contribution in [3.63, 3.8) is 0 Å². The van der Waals surface area contributed by atoms with E-state index in [1.807, 2.05) is 42.9 Å². The molecule has 4 heteroatoms. The van der Waals surface area contributed by atoms with Crippen molar-refractivity contribution < 1.29 is 0 Å². The number of anilines is 1. The lowest BCUT2D eigenvalue weighted by Crippen LogP contribution is -2.13. The van der Waals surface area contributed by atoms with Gasteiger partial charge in [0.25, 0.3) is 0 Å². The molecule has 0 saturated heterocycles. The van der Waals surface area contributed by atoms with Gasteiger partial charge in [-0.3, -0.25) is 0 Å². The van der Waals surface area contributed by atoms with Gasteiger partial charge in [-0.1, -0.05) is 18.7 Å². The molecule has 0 spiro atoms. The maximum atomic E-state index is 4.33. The van der Waals surface area contributed by atoms with Crippen LogP contribution in [0.3, 0.4) is 0 Å². The maximum absolute atomic E-state index is 4.33. The average molecular weight is 264 g/mol. The summed E-state index contributed by atoms with van der Waals surface area (Å²) in [5.74, 6) is 0. The molecular weight excluding hydrogens is 248 g/mol. The molecule has 4 nitrogen and oxygen atoms in total. The summed E-state index contributed by atoms with van der Waals surface area (Å²) in [7, 11) is 2.01. The molecule has 0 bridgehead atoms. The van der Waals surface area contributed by atoms with Gasteiger partial charge in [-0.25, -0.2) is 9.50 Å². The predicted molar refractivity (Wildman–Crippen MR) is 81.6 cm³/mol. The molecule has 2 heterocycles. The molecule has 100 valence electrons. The summed E-state index contributed by atoms with van der Waals surface area (Å²) in [5, 5.41) is 4.33. The van der Waals surface area contributed by atoms with Crippen LogP contribution in [0.15, 0.2) is 61.1 Å². The van der Waals surface area contributed by atoms with Crippen LogP contribution in [-0.2, 0) is 0 Å². The molecule has 0 unspecified atom stereocenters. The Kier molecular flexibility index (Phi) is 2.99. The van der Waals surface area contributed by atoms with Crippen molar-refractivity contribution >= 4 is 11.3 Å². The van der Waals surface area contributed by atoms with Crippen molar-refractivity contribution in [2.45, 2.75) is 6.92 Å². The van der Waals surface area contributed by atoms with Crippen LogP contribution in [0, 0.1) is 0 Å². The van der Waals surface area contributed by atoms with Gasteiger partial charge >= 0.3 is 0 Å². The summed E-state index contributed by atoms with van der Waals surface area (Å²) in [6.07, 6.45) is 3.57. The number of benzene rings is 1. The van der Waals surface area contributed by atoms with Gasteiger partial charge in [-0.15, -0.1) is 0 Å². The van der Waals surface area contributed by atoms with E-state index in [0.717, 1.165) is 28.3 Å². The lowest BCUT2D eigenvalue weighted by atomic mass is 10.1. The molecule has 0 amide bonds. The fourth-order valence-corrected chi connectivity index (χ4v) is 2.15. The molecule has 0 N–H and O–H groups in total. The van der Waals surface area contributed by atoms with E-state index in [1.165, 1.54) is 0 Å². The molecule has 1 aromatic carbocycles. The second-order valence-corrected chi connectivity index (χ2v) is 4.78. The zero-order valence-corrected chi connectivity index (χ0v) is 11.6. The molecule has 20 heavy (non-hydrogen) atoms. The summed E-state index contributed by atoms with van der Waals surface area (Å²) in [6, 6.07) is 12.2. The molecule has 0 atom stereocenters. The molecule has 0 aliphatic heterocycles. The minimum absolute atomic E-state index is 0.848. The highest BCUT2D eigenvalue weighted by Gasteiger charge is 2.07. The van der Waals surface area contributed by atoms with E-state index < -0.39 is 0 Å². The van der Waals surface area contributed by atoms with Crippen molar-refractivity contribution in [2.75, 3.05) is 11.9 Å². The first-order chi connectivity index (χ1) is 9.66. The van der Waals surface area contributed by atoms with Gasteiger partial charge in [0.2, 0.25) is 0 Å².